The number of hydrogen-bond donors (Lipinski definition) is 1. The average molecular weight is 266 g/mol. The van der Waals surface area contributed by atoms with Crippen LogP contribution in [0.4, 0.5) is 4.39 Å². The van der Waals surface area contributed by atoms with Gasteiger partial charge in [-0.1, -0.05) is 12.5 Å². The summed E-state index contributed by atoms with van der Waals surface area (Å²) in [6.45, 7) is 1.49. The SMILES string of the molecule is COc1ccc(CN(C)C2CCCC2CN)cc1F. The molecule has 0 aromatic heterocycles. The summed E-state index contributed by atoms with van der Waals surface area (Å²) in [5, 5.41) is 0. The van der Waals surface area contributed by atoms with Gasteiger partial charge in [-0.3, -0.25) is 4.90 Å². The van der Waals surface area contributed by atoms with Crippen LogP contribution < -0.4 is 10.5 Å². The molecule has 19 heavy (non-hydrogen) atoms. The fourth-order valence-corrected chi connectivity index (χ4v) is 3.09. The van der Waals surface area contributed by atoms with Crippen LogP contribution in [0.1, 0.15) is 24.8 Å². The van der Waals surface area contributed by atoms with Gasteiger partial charge in [0, 0.05) is 12.6 Å². The maximum Gasteiger partial charge on any atom is 0.165 e. The summed E-state index contributed by atoms with van der Waals surface area (Å²) in [6, 6.07) is 5.69. The molecule has 0 heterocycles. The Morgan fingerprint density at radius 1 is 1.42 bits per heavy atom. The second-order valence-corrected chi connectivity index (χ2v) is 5.38. The number of halogens is 1. The van der Waals surface area contributed by atoms with E-state index in [4.69, 9.17) is 10.5 Å². The smallest absolute Gasteiger partial charge is 0.165 e. The average Bonchev–Trinajstić information content (AvgIpc) is 2.87. The lowest BCUT2D eigenvalue weighted by molar-refractivity contribution is 0.192. The molecule has 0 radical (unpaired) electrons. The third-order valence-corrected chi connectivity index (χ3v) is 4.14. The molecule has 1 aliphatic carbocycles. The van der Waals surface area contributed by atoms with Gasteiger partial charge in [-0.15, -0.1) is 0 Å². The first-order valence-electron chi connectivity index (χ1n) is 6.88. The fraction of sp³-hybridized carbons (Fsp3) is 0.600. The molecule has 1 saturated carbocycles. The van der Waals surface area contributed by atoms with E-state index >= 15 is 0 Å². The van der Waals surface area contributed by atoms with E-state index in [1.807, 2.05) is 6.07 Å². The third kappa shape index (κ3) is 3.25. The molecule has 0 aliphatic heterocycles. The molecule has 1 aliphatic rings. The monoisotopic (exact) mass is 266 g/mol. The molecule has 1 aromatic rings. The van der Waals surface area contributed by atoms with Crippen LogP contribution in [0.2, 0.25) is 0 Å². The van der Waals surface area contributed by atoms with Crippen LogP contribution in [0.5, 0.6) is 5.75 Å². The lowest BCUT2D eigenvalue weighted by Gasteiger charge is -2.29. The van der Waals surface area contributed by atoms with E-state index in [9.17, 15) is 4.39 Å². The van der Waals surface area contributed by atoms with Crippen LogP contribution in [0.25, 0.3) is 0 Å². The summed E-state index contributed by atoms with van der Waals surface area (Å²) in [4.78, 5) is 2.30. The Balaban J connectivity index is 2.02. The van der Waals surface area contributed by atoms with E-state index in [-0.39, 0.29) is 5.82 Å². The topological polar surface area (TPSA) is 38.5 Å². The molecule has 0 saturated heterocycles. The van der Waals surface area contributed by atoms with Crippen molar-refractivity contribution in [3.05, 3.63) is 29.6 Å². The van der Waals surface area contributed by atoms with Gasteiger partial charge >= 0.3 is 0 Å². The number of hydrogen-bond acceptors (Lipinski definition) is 3. The highest BCUT2D eigenvalue weighted by Gasteiger charge is 2.29. The number of benzene rings is 1. The fourth-order valence-electron chi connectivity index (χ4n) is 3.09. The summed E-state index contributed by atoms with van der Waals surface area (Å²) in [7, 11) is 3.58. The van der Waals surface area contributed by atoms with Crippen LogP contribution in [0, 0.1) is 11.7 Å². The van der Waals surface area contributed by atoms with Crippen molar-refractivity contribution in [1.82, 2.24) is 4.90 Å². The lowest BCUT2D eigenvalue weighted by atomic mass is 10.0. The van der Waals surface area contributed by atoms with Gasteiger partial charge in [-0.25, -0.2) is 4.39 Å². The highest BCUT2D eigenvalue weighted by Crippen LogP contribution is 2.29. The summed E-state index contributed by atoms with van der Waals surface area (Å²) in [5.74, 6) is 0.579. The second-order valence-electron chi connectivity index (χ2n) is 5.38. The number of methoxy groups -OCH3 is 1. The predicted molar refractivity (Wildman–Crippen MR) is 74.6 cm³/mol. The van der Waals surface area contributed by atoms with Crippen LogP contribution >= 0.6 is 0 Å². The van der Waals surface area contributed by atoms with Gasteiger partial charge in [0.1, 0.15) is 0 Å². The maximum absolute atomic E-state index is 13.7. The van der Waals surface area contributed by atoms with Crippen molar-refractivity contribution in [1.29, 1.82) is 0 Å². The Kier molecular flexibility index (Phi) is 4.77. The van der Waals surface area contributed by atoms with Gasteiger partial charge < -0.3 is 10.5 Å². The van der Waals surface area contributed by atoms with E-state index in [1.54, 1.807) is 12.1 Å². The Bertz CT molecular complexity index is 425. The van der Waals surface area contributed by atoms with Crippen molar-refractivity contribution in [2.45, 2.75) is 31.8 Å². The molecule has 0 amide bonds. The van der Waals surface area contributed by atoms with Crippen LogP contribution in [-0.4, -0.2) is 31.6 Å². The summed E-state index contributed by atoms with van der Waals surface area (Å²) in [6.07, 6.45) is 3.65. The number of nitrogens with zero attached hydrogens (tertiary/aromatic N) is 1. The number of rotatable bonds is 5. The van der Waals surface area contributed by atoms with E-state index < -0.39 is 0 Å². The molecule has 106 valence electrons. The maximum atomic E-state index is 13.7. The zero-order chi connectivity index (χ0) is 13.8. The Morgan fingerprint density at radius 2 is 2.21 bits per heavy atom. The lowest BCUT2D eigenvalue weighted by Crippen LogP contribution is -2.37. The van der Waals surface area contributed by atoms with Crippen molar-refractivity contribution >= 4 is 0 Å². The minimum Gasteiger partial charge on any atom is -0.494 e. The van der Waals surface area contributed by atoms with E-state index in [2.05, 4.69) is 11.9 Å². The molecule has 1 fully saturated rings. The van der Waals surface area contributed by atoms with Gasteiger partial charge in [0.05, 0.1) is 7.11 Å². The number of nitrogens with two attached hydrogens (primary N) is 1. The van der Waals surface area contributed by atoms with Gasteiger partial charge in [0.2, 0.25) is 0 Å². The highest BCUT2D eigenvalue weighted by molar-refractivity contribution is 5.29. The molecule has 2 atom stereocenters. The molecular formula is C15H23FN2O. The van der Waals surface area contributed by atoms with Crippen LogP contribution in [0.3, 0.4) is 0 Å². The summed E-state index contributed by atoms with van der Waals surface area (Å²) < 4.78 is 18.6. The quantitative estimate of drug-likeness (QED) is 0.889. The molecule has 0 spiro atoms. The van der Waals surface area contributed by atoms with Gasteiger partial charge in [-0.05, 0) is 50.0 Å². The van der Waals surface area contributed by atoms with Crippen molar-refractivity contribution in [3.63, 3.8) is 0 Å². The van der Waals surface area contributed by atoms with Gasteiger partial charge in [0.15, 0.2) is 11.6 Å². The zero-order valence-electron chi connectivity index (χ0n) is 11.7. The minimum atomic E-state index is -0.296. The Morgan fingerprint density at radius 3 is 2.84 bits per heavy atom. The van der Waals surface area contributed by atoms with E-state index in [1.165, 1.54) is 26.4 Å². The van der Waals surface area contributed by atoms with E-state index in [0.717, 1.165) is 18.7 Å². The van der Waals surface area contributed by atoms with Crippen molar-refractivity contribution in [2.24, 2.45) is 11.7 Å². The largest absolute Gasteiger partial charge is 0.494 e. The molecule has 3 nitrogen and oxygen atoms in total. The van der Waals surface area contributed by atoms with Crippen molar-refractivity contribution in [3.8, 4) is 5.75 Å². The third-order valence-electron chi connectivity index (χ3n) is 4.14. The Labute approximate surface area is 114 Å². The summed E-state index contributed by atoms with van der Waals surface area (Å²) in [5.41, 5.74) is 6.79. The molecule has 2 unspecified atom stereocenters. The predicted octanol–water partition coefficient (Wildman–Crippen LogP) is 2.39. The first kappa shape index (κ1) is 14.3. The van der Waals surface area contributed by atoms with Gasteiger partial charge in [0.25, 0.3) is 0 Å². The number of ether oxygens (including phenoxy) is 1. The molecule has 1 aromatic carbocycles. The zero-order valence-corrected chi connectivity index (χ0v) is 11.7. The molecule has 2 N–H and O–H groups in total. The van der Waals surface area contributed by atoms with Crippen LogP contribution in [-0.2, 0) is 6.54 Å². The normalized spacial score (nSPS) is 23.0. The summed E-state index contributed by atoms with van der Waals surface area (Å²) >= 11 is 0. The molecule has 4 heteroatoms. The van der Waals surface area contributed by atoms with Crippen LogP contribution in [0.15, 0.2) is 18.2 Å². The Hall–Kier alpha value is -1.13. The standard InChI is InChI=1S/C15H23FN2O/c1-18(14-5-3-4-12(14)9-17)10-11-6-7-15(19-2)13(16)8-11/h6-8,12,14H,3-5,9-10,17H2,1-2H3. The minimum absolute atomic E-state index is 0.296. The first-order chi connectivity index (χ1) is 9.15. The molecule has 0 bridgehead atoms. The second kappa shape index (κ2) is 6.35. The van der Waals surface area contributed by atoms with Gasteiger partial charge in [-0.2, -0.15) is 0 Å². The highest BCUT2D eigenvalue weighted by atomic mass is 19.1. The van der Waals surface area contributed by atoms with Crippen molar-refractivity contribution < 1.29 is 9.13 Å². The van der Waals surface area contributed by atoms with E-state index in [0.29, 0.717) is 17.7 Å². The molecular weight excluding hydrogens is 243 g/mol. The van der Waals surface area contributed by atoms with Crippen molar-refractivity contribution in [2.75, 3.05) is 20.7 Å². The first-order valence-corrected chi connectivity index (χ1v) is 6.88. The molecule has 2 rings (SSSR count).